The molecule has 1 unspecified atom stereocenters. The number of halogens is 1. The van der Waals surface area contributed by atoms with E-state index in [2.05, 4.69) is 16.7 Å². The Bertz CT molecular complexity index is 745. The van der Waals surface area contributed by atoms with Gasteiger partial charge in [0, 0.05) is 22.2 Å². The predicted octanol–water partition coefficient (Wildman–Crippen LogP) is 4.91. The largest absolute Gasteiger partial charge is 0.334 e. The van der Waals surface area contributed by atoms with Crippen LogP contribution in [0.5, 0.6) is 0 Å². The van der Waals surface area contributed by atoms with Gasteiger partial charge in [-0.05, 0) is 30.7 Å². The minimum Gasteiger partial charge on any atom is -0.334 e. The molecule has 2 rings (SSSR count). The predicted molar refractivity (Wildman–Crippen MR) is 99.3 cm³/mol. The molecule has 124 valence electrons. The van der Waals surface area contributed by atoms with Crippen molar-refractivity contribution in [3.05, 3.63) is 59.1 Å². The van der Waals surface area contributed by atoms with E-state index in [1.54, 1.807) is 17.8 Å². The van der Waals surface area contributed by atoms with Crippen LogP contribution in [0, 0.1) is 17.2 Å². The fourth-order valence-corrected chi connectivity index (χ4v) is 3.09. The van der Waals surface area contributed by atoms with E-state index in [1.165, 1.54) is 0 Å². The summed E-state index contributed by atoms with van der Waals surface area (Å²) < 4.78 is 0. The molecule has 0 aliphatic rings. The molecule has 0 radical (unpaired) electrons. The molecule has 0 saturated heterocycles. The number of rotatable bonds is 6. The van der Waals surface area contributed by atoms with Crippen molar-refractivity contribution in [1.82, 2.24) is 5.32 Å². The molecule has 0 heterocycles. The number of hydrogen-bond acceptors (Lipinski definition) is 3. The zero-order valence-electron chi connectivity index (χ0n) is 13.3. The fourth-order valence-electron chi connectivity index (χ4n) is 1.93. The summed E-state index contributed by atoms with van der Waals surface area (Å²) >= 11 is 7.63. The highest BCUT2D eigenvalue weighted by molar-refractivity contribution is 7.99. The van der Waals surface area contributed by atoms with Crippen LogP contribution in [0.1, 0.15) is 12.5 Å². The number of hydrogen-bond donors (Lipinski definition) is 2. The van der Waals surface area contributed by atoms with Crippen molar-refractivity contribution < 1.29 is 4.79 Å². The van der Waals surface area contributed by atoms with Gasteiger partial charge >= 0.3 is 6.03 Å². The summed E-state index contributed by atoms with van der Waals surface area (Å²) in [6, 6.07) is 16.8. The van der Waals surface area contributed by atoms with Gasteiger partial charge in [-0.1, -0.05) is 41.9 Å². The van der Waals surface area contributed by atoms with Gasteiger partial charge in [-0.25, -0.2) is 4.79 Å². The maximum absolute atomic E-state index is 12.1. The number of benzene rings is 2. The van der Waals surface area contributed by atoms with Gasteiger partial charge in [-0.15, -0.1) is 11.8 Å². The first-order valence-corrected chi connectivity index (χ1v) is 8.86. The second kappa shape index (κ2) is 9.21. The lowest BCUT2D eigenvalue weighted by molar-refractivity contribution is 0.251. The van der Waals surface area contributed by atoms with E-state index in [-0.39, 0.29) is 11.9 Å². The Balaban J connectivity index is 1.94. The molecule has 2 aromatic carbocycles. The van der Waals surface area contributed by atoms with Gasteiger partial charge in [0.25, 0.3) is 0 Å². The number of thioether (sulfide) groups is 1. The Kier molecular flexibility index (Phi) is 6.98. The molecule has 0 spiro atoms. The van der Waals surface area contributed by atoms with Crippen LogP contribution in [0.15, 0.2) is 53.4 Å². The van der Waals surface area contributed by atoms with Crippen LogP contribution in [0.4, 0.5) is 10.5 Å². The van der Waals surface area contributed by atoms with Crippen molar-refractivity contribution in [1.29, 1.82) is 5.26 Å². The number of carbonyl (C=O) groups is 1. The van der Waals surface area contributed by atoms with Gasteiger partial charge in [0.05, 0.1) is 17.7 Å². The quantitative estimate of drug-likeness (QED) is 0.720. The number of nitrogens with one attached hydrogen (secondary N) is 2. The third kappa shape index (κ3) is 5.48. The van der Waals surface area contributed by atoms with E-state index in [1.807, 2.05) is 49.4 Å². The fraction of sp³-hybridized carbons (Fsp3) is 0.222. The van der Waals surface area contributed by atoms with Gasteiger partial charge in [0.1, 0.15) is 0 Å². The normalized spacial score (nSPS) is 11.4. The van der Waals surface area contributed by atoms with E-state index in [9.17, 15) is 4.79 Å². The number of nitrogens with zero attached hydrogens (tertiary/aromatic N) is 1. The molecule has 4 nitrogen and oxygen atoms in total. The summed E-state index contributed by atoms with van der Waals surface area (Å²) in [6.07, 6.45) is 0. The third-order valence-electron chi connectivity index (χ3n) is 3.24. The Morgan fingerprint density at radius 1 is 1.25 bits per heavy atom. The SMILES string of the molecule is CC(C#N)CSc1ccccc1NC(=O)NCc1ccccc1Cl. The second-order valence-corrected chi connectivity index (χ2v) is 6.71. The van der Waals surface area contributed by atoms with Crippen molar-refractivity contribution in [2.75, 3.05) is 11.1 Å². The molecule has 0 aliphatic heterocycles. The number of amides is 2. The van der Waals surface area contributed by atoms with Gasteiger partial charge in [0.2, 0.25) is 0 Å². The molecule has 1 atom stereocenters. The molecule has 6 heteroatoms. The summed E-state index contributed by atoms with van der Waals surface area (Å²) in [5, 5.41) is 15.1. The van der Waals surface area contributed by atoms with E-state index in [0.717, 1.165) is 16.1 Å². The Morgan fingerprint density at radius 2 is 1.96 bits per heavy atom. The molecule has 2 aromatic rings. The van der Waals surface area contributed by atoms with Crippen LogP contribution in [-0.2, 0) is 6.54 Å². The Labute approximate surface area is 151 Å². The third-order valence-corrected chi connectivity index (χ3v) is 4.94. The average Bonchev–Trinajstić information content (AvgIpc) is 2.60. The molecule has 0 bridgehead atoms. The molecule has 0 aliphatic carbocycles. The molecule has 0 saturated carbocycles. The van der Waals surface area contributed by atoms with Crippen molar-refractivity contribution in [3.63, 3.8) is 0 Å². The number of anilines is 1. The zero-order valence-corrected chi connectivity index (χ0v) is 14.8. The number of para-hydroxylation sites is 1. The van der Waals surface area contributed by atoms with Crippen LogP contribution < -0.4 is 10.6 Å². The van der Waals surface area contributed by atoms with Crippen molar-refractivity contribution in [3.8, 4) is 6.07 Å². The first-order chi connectivity index (χ1) is 11.6. The van der Waals surface area contributed by atoms with Crippen LogP contribution in [-0.4, -0.2) is 11.8 Å². The summed E-state index contributed by atoms with van der Waals surface area (Å²) in [7, 11) is 0. The molecular formula is C18H18ClN3OS. The smallest absolute Gasteiger partial charge is 0.319 e. The standard InChI is InChI=1S/C18H18ClN3OS/c1-13(10-20)12-24-17-9-5-4-8-16(17)22-18(23)21-11-14-6-2-3-7-15(14)19/h2-9,13H,11-12H2,1H3,(H2,21,22,23). The molecule has 0 aromatic heterocycles. The van der Waals surface area contributed by atoms with Crippen LogP contribution >= 0.6 is 23.4 Å². The highest BCUT2D eigenvalue weighted by Crippen LogP contribution is 2.28. The lowest BCUT2D eigenvalue weighted by atomic mass is 10.2. The maximum atomic E-state index is 12.1. The minimum atomic E-state index is -0.295. The van der Waals surface area contributed by atoms with E-state index >= 15 is 0 Å². The van der Waals surface area contributed by atoms with Crippen molar-refractivity contribution >= 4 is 35.1 Å². The first-order valence-electron chi connectivity index (χ1n) is 7.50. The molecular weight excluding hydrogens is 342 g/mol. The Morgan fingerprint density at radius 3 is 2.71 bits per heavy atom. The van der Waals surface area contributed by atoms with Crippen LogP contribution in [0.25, 0.3) is 0 Å². The van der Waals surface area contributed by atoms with E-state index < -0.39 is 0 Å². The van der Waals surface area contributed by atoms with Crippen LogP contribution in [0.3, 0.4) is 0 Å². The Hall–Kier alpha value is -2.16. The van der Waals surface area contributed by atoms with Crippen molar-refractivity contribution in [2.45, 2.75) is 18.4 Å². The summed E-state index contributed by atoms with van der Waals surface area (Å²) in [6.45, 7) is 2.23. The van der Waals surface area contributed by atoms with Gasteiger partial charge < -0.3 is 10.6 Å². The summed E-state index contributed by atoms with van der Waals surface area (Å²) in [5.74, 6) is 0.633. The topological polar surface area (TPSA) is 64.9 Å². The molecule has 2 amide bonds. The highest BCUT2D eigenvalue weighted by Gasteiger charge is 2.09. The lowest BCUT2D eigenvalue weighted by Gasteiger charge is -2.12. The lowest BCUT2D eigenvalue weighted by Crippen LogP contribution is -2.28. The molecule has 24 heavy (non-hydrogen) atoms. The molecule has 2 N–H and O–H groups in total. The van der Waals surface area contributed by atoms with Crippen molar-refractivity contribution in [2.24, 2.45) is 5.92 Å². The van der Waals surface area contributed by atoms with E-state index in [0.29, 0.717) is 17.3 Å². The second-order valence-electron chi connectivity index (χ2n) is 5.24. The van der Waals surface area contributed by atoms with Crippen LogP contribution in [0.2, 0.25) is 5.02 Å². The summed E-state index contributed by atoms with van der Waals surface area (Å²) in [5.41, 5.74) is 1.59. The highest BCUT2D eigenvalue weighted by atomic mass is 35.5. The minimum absolute atomic E-state index is 0.0443. The van der Waals surface area contributed by atoms with Gasteiger partial charge in [-0.3, -0.25) is 0 Å². The number of nitriles is 1. The molecule has 0 fully saturated rings. The summed E-state index contributed by atoms with van der Waals surface area (Å²) in [4.78, 5) is 13.1. The van der Waals surface area contributed by atoms with E-state index in [4.69, 9.17) is 16.9 Å². The van der Waals surface area contributed by atoms with Gasteiger partial charge in [-0.2, -0.15) is 5.26 Å². The van der Waals surface area contributed by atoms with Gasteiger partial charge in [0.15, 0.2) is 0 Å². The average molecular weight is 360 g/mol. The monoisotopic (exact) mass is 359 g/mol. The number of urea groups is 1. The maximum Gasteiger partial charge on any atom is 0.319 e. The zero-order chi connectivity index (χ0) is 17.4. The number of carbonyl (C=O) groups excluding carboxylic acids is 1. The first kappa shape index (κ1) is 18.2.